The lowest BCUT2D eigenvalue weighted by Gasteiger charge is -2.33. The van der Waals surface area contributed by atoms with E-state index in [1.165, 1.54) is 173 Å². The first-order valence-corrected chi connectivity index (χ1v) is 25.5. The molecule has 0 fully saturated rings. The van der Waals surface area contributed by atoms with Crippen molar-refractivity contribution in [3.8, 4) is 33.6 Å². The van der Waals surface area contributed by atoms with Crippen LogP contribution in [0.1, 0.15) is 147 Å². The van der Waals surface area contributed by atoms with Gasteiger partial charge in [0.05, 0.1) is 22.1 Å². The van der Waals surface area contributed by atoms with Crippen molar-refractivity contribution < 1.29 is 0 Å². The summed E-state index contributed by atoms with van der Waals surface area (Å²) in [6.07, 6.45) is 19.5. The Kier molecular flexibility index (Phi) is 12.5. The van der Waals surface area contributed by atoms with Gasteiger partial charge in [0, 0.05) is 38.3 Å². The van der Waals surface area contributed by atoms with E-state index >= 15 is 0 Å². The van der Waals surface area contributed by atoms with Crippen molar-refractivity contribution in [3.05, 3.63) is 168 Å². The highest BCUT2D eigenvalue weighted by molar-refractivity contribution is 6.12. The van der Waals surface area contributed by atoms with Crippen LogP contribution in [-0.2, 0) is 5.41 Å². The van der Waals surface area contributed by atoms with Crippen molar-refractivity contribution in [3.63, 3.8) is 0 Å². The molecule has 65 heavy (non-hydrogen) atoms. The Morgan fingerprint density at radius 2 is 0.877 bits per heavy atom. The molecule has 0 amide bonds. The molecule has 9 aromatic rings. The van der Waals surface area contributed by atoms with Crippen molar-refractivity contribution in [1.29, 1.82) is 0 Å². The normalized spacial score (nSPS) is 13.6. The summed E-state index contributed by atoms with van der Waals surface area (Å²) in [7, 11) is 0. The minimum Gasteiger partial charge on any atom is -0.309 e. The standard InChI is InChI=1S/C63H68N2/c1-5-8-10-12-14-22-40-63(41-23-15-13-11-9-6-2)57-27-19-16-24-51(57)52-37-36-50(44-58(52)63)65-60-29-21-18-26-54(60)56-43-48(33-39-62(56)65)47-32-38-61-55(42-47)53-25-17-20-28-59(53)64(61)49-34-30-46(31-35-49)45(4)7-3/h16-21,24-39,42-45H,5-15,22-23,40-41H2,1-4H3. The maximum absolute atomic E-state index is 2.62. The van der Waals surface area contributed by atoms with Gasteiger partial charge in [0.15, 0.2) is 0 Å². The zero-order valence-electron chi connectivity index (χ0n) is 39.5. The maximum atomic E-state index is 2.62. The molecular formula is C63H68N2. The Morgan fingerprint density at radius 3 is 1.46 bits per heavy atom. The number of aromatic nitrogens is 2. The van der Waals surface area contributed by atoms with Gasteiger partial charge in [0.2, 0.25) is 0 Å². The van der Waals surface area contributed by atoms with Gasteiger partial charge in [-0.1, -0.05) is 196 Å². The van der Waals surface area contributed by atoms with Gasteiger partial charge in [0.1, 0.15) is 0 Å². The Balaban J connectivity index is 1.05. The number of nitrogens with zero attached hydrogens (tertiary/aromatic N) is 2. The van der Waals surface area contributed by atoms with Gasteiger partial charge in [-0.2, -0.15) is 0 Å². The average Bonchev–Trinajstić information content (AvgIpc) is 3.96. The molecule has 0 radical (unpaired) electrons. The summed E-state index contributed by atoms with van der Waals surface area (Å²) in [5.41, 5.74) is 17.5. The third-order valence-electron chi connectivity index (χ3n) is 15.4. The van der Waals surface area contributed by atoms with Crippen LogP contribution in [0, 0.1) is 0 Å². The van der Waals surface area contributed by atoms with Crippen LogP contribution < -0.4 is 0 Å². The summed E-state index contributed by atoms with van der Waals surface area (Å²) in [6.45, 7) is 9.23. The smallest absolute Gasteiger partial charge is 0.0541 e. The predicted octanol–water partition coefficient (Wildman–Crippen LogP) is 18.8. The van der Waals surface area contributed by atoms with E-state index in [1.807, 2.05) is 0 Å². The second kappa shape index (κ2) is 18.9. The number of para-hydroxylation sites is 2. The van der Waals surface area contributed by atoms with Crippen molar-refractivity contribution in [2.24, 2.45) is 0 Å². The van der Waals surface area contributed by atoms with Crippen LogP contribution in [-0.4, -0.2) is 9.13 Å². The summed E-state index contributed by atoms with van der Waals surface area (Å²) in [4.78, 5) is 0. The zero-order chi connectivity index (χ0) is 44.3. The lowest BCUT2D eigenvalue weighted by atomic mass is 9.70. The lowest BCUT2D eigenvalue weighted by Crippen LogP contribution is -2.25. The van der Waals surface area contributed by atoms with Crippen molar-refractivity contribution in [2.45, 2.75) is 135 Å². The van der Waals surface area contributed by atoms with Gasteiger partial charge in [-0.15, -0.1) is 0 Å². The van der Waals surface area contributed by atoms with Gasteiger partial charge in [-0.25, -0.2) is 0 Å². The fraction of sp³-hybridized carbons (Fsp3) is 0.333. The van der Waals surface area contributed by atoms with E-state index in [1.54, 1.807) is 11.1 Å². The molecule has 2 nitrogen and oxygen atoms in total. The second-order valence-corrected chi connectivity index (χ2v) is 19.5. The molecule has 330 valence electrons. The van der Waals surface area contributed by atoms with Crippen LogP contribution in [0.3, 0.4) is 0 Å². The predicted molar refractivity (Wildman–Crippen MR) is 281 cm³/mol. The molecule has 0 spiro atoms. The quantitative estimate of drug-likeness (QED) is 0.0717. The van der Waals surface area contributed by atoms with Crippen LogP contribution in [0.2, 0.25) is 0 Å². The molecular weight excluding hydrogens is 785 g/mol. The van der Waals surface area contributed by atoms with Crippen LogP contribution in [0.25, 0.3) is 77.2 Å². The van der Waals surface area contributed by atoms with Gasteiger partial charge < -0.3 is 9.13 Å². The molecule has 0 aliphatic heterocycles. The summed E-state index contributed by atoms with van der Waals surface area (Å²) >= 11 is 0. The highest BCUT2D eigenvalue weighted by Crippen LogP contribution is 2.55. The Morgan fingerprint density at radius 1 is 0.400 bits per heavy atom. The number of fused-ring (bicyclic) bond motifs is 9. The first-order valence-electron chi connectivity index (χ1n) is 25.5. The zero-order valence-corrected chi connectivity index (χ0v) is 39.5. The minimum absolute atomic E-state index is 0.0439. The number of hydrogen-bond donors (Lipinski definition) is 0. The largest absolute Gasteiger partial charge is 0.309 e. The number of hydrogen-bond acceptors (Lipinski definition) is 0. The van der Waals surface area contributed by atoms with E-state index in [0.29, 0.717) is 5.92 Å². The minimum atomic E-state index is 0.0439. The fourth-order valence-corrected chi connectivity index (χ4v) is 11.7. The summed E-state index contributed by atoms with van der Waals surface area (Å²) in [5.74, 6) is 0.557. The number of benzene rings is 7. The highest BCUT2D eigenvalue weighted by Gasteiger charge is 2.42. The number of rotatable bonds is 19. The van der Waals surface area contributed by atoms with E-state index in [2.05, 4.69) is 188 Å². The van der Waals surface area contributed by atoms with E-state index in [4.69, 9.17) is 0 Å². The molecule has 1 unspecified atom stereocenters. The molecule has 10 rings (SSSR count). The van der Waals surface area contributed by atoms with E-state index < -0.39 is 0 Å². The third kappa shape index (κ3) is 7.92. The summed E-state index contributed by atoms with van der Waals surface area (Å²) < 4.78 is 5.00. The lowest BCUT2D eigenvalue weighted by molar-refractivity contribution is 0.398. The Bertz CT molecular complexity index is 3070. The second-order valence-electron chi connectivity index (χ2n) is 19.5. The van der Waals surface area contributed by atoms with Gasteiger partial charge in [0.25, 0.3) is 0 Å². The Hall–Kier alpha value is -5.86. The summed E-state index contributed by atoms with van der Waals surface area (Å²) in [6, 6.07) is 58.4. The molecule has 2 heterocycles. The van der Waals surface area contributed by atoms with Gasteiger partial charge >= 0.3 is 0 Å². The molecule has 1 aliphatic carbocycles. The first-order chi connectivity index (χ1) is 32.0. The molecule has 0 N–H and O–H groups in total. The van der Waals surface area contributed by atoms with Crippen LogP contribution in [0.15, 0.2) is 152 Å². The monoisotopic (exact) mass is 853 g/mol. The van der Waals surface area contributed by atoms with Crippen molar-refractivity contribution in [2.75, 3.05) is 0 Å². The Labute approximate surface area is 388 Å². The molecule has 0 saturated carbocycles. The van der Waals surface area contributed by atoms with Crippen molar-refractivity contribution in [1.82, 2.24) is 9.13 Å². The van der Waals surface area contributed by atoms with Gasteiger partial charge in [-0.3, -0.25) is 0 Å². The maximum Gasteiger partial charge on any atom is 0.0541 e. The third-order valence-corrected chi connectivity index (χ3v) is 15.4. The van der Waals surface area contributed by atoms with Crippen LogP contribution in [0.5, 0.6) is 0 Å². The first kappa shape index (κ1) is 43.1. The van der Waals surface area contributed by atoms with Gasteiger partial charge in [-0.05, 0) is 125 Å². The highest BCUT2D eigenvalue weighted by atomic mass is 15.0. The van der Waals surface area contributed by atoms with Crippen molar-refractivity contribution >= 4 is 43.6 Å². The fourth-order valence-electron chi connectivity index (χ4n) is 11.7. The van der Waals surface area contributed by atoms with E-state index in [0.717, 1.165) is 6.42 Å². The number of unbranched alkanes of at least 4 members (excludes halogenated alkanes) is 10. The summed E-state index contributed by atoms with van der Waals surface area (Å²) in [5, 5.41) is 5.18. The van der Waals surface area contributed by atoms with Crippen LogP contribution in [0.4, 0.5) is 0 Å². The van der Waals surface area contributed by atoms with Crippen LogP contribution >= 0.6 is 0 Å². The van der Waals surface area contributed by atoms with E-state index in [9.17, 15) is 0 Å². The molecule has 1 atom stereocenters. The topological polar surface area (TPSA) is 9.86 Å². The SMILES string of the molecule is CCCCCCCCC1(CCCCCCCC)c2ccccc2-c2ccc(-n3c4ccccc4c4cc(-c5ccc6c(c5)c5ccccc5n6-c5ccc(C(C)CC)cc5)ccc43)cc21. The average molecular weight is 853 g/mol. The molecule has 7 aromatic carbocycles. The molecule has 2 aromatic heterocycles. The van der Waals surface area contributed by atoms with E-state index in [-0.39, 0.29) is 5.41 Å². The molecule has 1 aliphatic rings. The molecule has 2 heteroatoms. The molecule has 0 saturated heterocycles. The molecule has 0 bridgehead atoms.